The quantitative estimate of drug-likeness (QED) is 0.824. The van der Waals surface area contributed by atoms with Gasteiger partial charge in [-0.2, -0.15) is 0 Å². The van der Waals surface area contributed by atoms with E-state index in [1.165, 1.54) is 5.69 Å². The molecule has 0 amide bonds. The molecule has 0 aliphatic rings. The van der Waals surface area contributed by atoms with Crippen molar-refractivity contribution in [1.82, 2.24) is 14.7 Å². The topological polar surface area (TPSA) is 29.3 Å². The van der Waals surface area contributed by atoms with Crippen LogP contribution in [0.3, 0.4) is 0 Å². The number of imidazole rings is 1. The van der Waals surface area contributed by atoms with Gasteiger partial charge >= 0.3 is 0 Å². The van der Waals surface area contributed by atoms with Gasteiger partial charge in [-0.15, -0.1) is 0 Å². The minimum Gasteiger partial charge on any atom is -0.311 e. The number of fused-ring (bicyclic) bond motifs is 1. The van der Waals surface area contributed by atoms with E-state index in [4.69, 9.17) is 0 Å². The van der Waals surface area contributed by atoms with Crippen LogP contribution in [0.1, 0.15) is 19.5 Å². The van der Waals surface area contributed by atoms with Crippen LogP contribution >= 0.6 is 0 Å². The highest BCUT2D eigenvalue weighted by atomic mass is 15.0. The molecule has 0 unspecified atom stereocenters. The van der Waals surface area contributed by atoms with E-state index in [0.717, 1.165) is 18.7 Å². The van der Waals surface area contributed by atoms with Crippen LogP contribution < -0.4 is 5.32 Å². The molecule has 2 rings (SSSR count). The lowest BCUT2D eigenvalue weighted by atomic mass is 10.2. The van der Waals surface area contributed by atoms with E-state index in [1.807, 2.05) is 24.4 Å². The molecule has 80 valence electrons. The van der Waals surface area contributed by atoms with Crippen molar-refractivity contribution in [2.75, 3.05) is 6.54 Å². The largest absolute Gasteiger partial charge is 0.311 e. The number of aromatic nitrogens is 2. The average Bonchev–Trinajstić information content (AvgIpc) is 2.62. The summed E-state index contributed by atoms with van der Waals surface area (Å²) in [5.41, 5.74) is 2.23. The summed E-state index contributed by atoms with van der Waals surface area (Å²) in [5, 5.41) is 3.42. The Morgan fingerprint density at radius 1 is 1.40 bits per heavy atom. The van der Waals surface area contributed by atoms with Gasteiger partial charge in [0.1, 0.15) is 5.65 Å². The molecule has 0 saturated carbocycles. The summed E-state index contributed by atoms with van der Waals surface area (Å²) in [6, 6.07) is 6.06. The van der Waals surface area contributed by atoms with E-state index in [-0.39, 0.29) is 0 Å². The van der Waals surface area contributed by atoms with Crippen LogP contribution in [0, 0.1) is 5.92 Å². The molecule has 0 fully saturated rings. The van der Waals surface area contributed by atoms with E-state index >= 15 is 0 Å². The molecule has 0 aliphatic carbocycles. The third-order valence-corrected chi connectivity index (χ3v) is 2.35. The van der Waals surface area contributed by atoms with Crippen molar-refractivity contribution < 1.29 is 0 Å². The van der Waals surface area contributed by atoms with Gasteiger partial charge in [0.05, 0.1) is 11.9 Å². The van der Waals surface area contributed by atoms with E-state index in [9.17, 15) is 0 Å². The van der Waals surface area contributed by atoms with Crippen LogP contribution in [0.5, 0.6) is 0 Å². The Hall–Kier alpha value is -1.35. The maximum Gasteiger partial charge on any atom is 0.136 e. The second kappa shape index (κ2) is 4.45. The first kappa shape index (κ1) is 10.2. The first-order valence-corrected chi connectivity index (χ1v) is 5.39. The zero-order valence-electron chi connectivity index (χ0n) is 9.27. The van der Waals surface area contributed by atoms with Crippen molar-refractivity contribution in [2.24, 2.45) is 5.92 Å². The van der Waals surface area contributed by atoms with E-state index in [2.05, 4.69) is 34.7 Å². The highest BCUT2D eigenvalue weighted by Gasteiger charge is 2.01. The Labute approximate surface area is 90.1 Å². The lowest BCUT2D eigenvalue weighted by Crippen LogP contribution is -2.19. The lowest BCUT2D eigenvalue weighted by molar-refractivity contribution is 0.547. The smallest absolute Gasteiger partial charge is 0.136 e. The molecular formula is C12H17N3. The molecule has 15 heavy (non-hydrogen) atoms. The van der Waals surface area contributed by atoms with Crippen molar-refractivity contribution in [2.45, 2.75) is 20.4 Å². The molecule has 0 radical (unpaired) electrons. The zero-order valence-corrected chi connectivity index (χ0v) is 9.27. The van der Waals surface area contributed by atoms with Gasteiger partial charge < -0.3 is 9.72 Å². The first-order chi connectivity index (χ1) is 7.27. The van der Waals surface area contributed by atoms with Crippen molar-refractivity contribution in [1.29, 1.82) is 0 Å². The van der Waals surface area contributed by atoms with E-state index < -0.39 is 0 Å². The van der Waals surface area contributed by atoms with E-state index in [1.54, 1.807) is 0 Å². The van der Waals surface area contributed by atoms with Gasteiger partial charge in [0.2, 0.25) is 0 Å². The fraction of sp³-hybridized carbons (Fsp3) is 0.417. The summed E-state index contributed by atoms with van der Waals surface area (Å²) >= 11 is 0. The predicted octanol–water partition coefficient (Wildman–Crippen LogP) is 2.08. The molecule has 1 N–H and O–H groups in total. The maximum absolute atomic E-state index is 4.34. The molecule has 3 nitrogen and oxygen atoms in total. The first-order valence-electron chi connectivity index (χ1n) is 5.39. The minimum absolute atomic E-state index is 0.684. The van der Waals surface area contributed by atoms with Gasteiger partial charge in [0.15, 0.2) is 0 Å². The Morgan fingerprint density at radius 3 is 3.07 bits per heavy atom. The third-order valence-electron chi connectivity index (χ3n) is 2.35. The SMILES string of the molecule is CC(C)CNCc1cnc2ccccn12. The van der Waals surface area contributed by atoms with Gasteiger partial charge in [-0.05, 0) is 24.6 Å². The summed E-state index contributed by atoms with van der Waals surface area (Å²) in [6.45, 7) is 6.34. The second-order valence-corrected chi connectivity index (χ2v) is 4.20. The minimum atomic E-state index is 0.684. The van der Waals surface area contributed by atoms with Gasteiger partial charge in [0, 0.05) is 12.7 Å². The summed E-state index contributed by atoms with van der Waals surface area (Å²) in [7, 11) is 0. The van der Waals surface area contributed by atoms with E-state index in [0.29, 0.717) is 5.92 Å². The summed E-state index contributed by atoms with van der Waals surface area (Å²) in [4.78, 5) is 4.34. The number of rotatable bonds is 4. The van der Waals surface area contributed by atoms with Crippen molar-refractivity contribution in [3.8, 4) is 0 Å². The Balaban J connectivity index is 2.08. The number of hydrogen-bond donors (Lipinski definition) is 1. The number of hydrogen-bond acceptors (Lipinski definition) is 2. The number of nitrogens with one attached hydrogen (secondary N) is 1. The molecule has 3 heteroatoms. The van der Waals surface area contributed by atoms with Gasteiger partial charge in [-0.1, -0.05) is 19.9 Å². The molecule has 2 aromatic heterocycles. The second-order valence-electron chi connectivity index (χ2n) is 4.20. The molecule has 0 aliphatic heterocycles. The highest BCUT2D eigenvalue weighted by molar-refractivity contribution is 5.39. The average molecular weight is 203 g/mol. The van der Waals surface area contributed by atoms with Gasteiger partial charge in [-0.3, -0.25) is 0 Å². The predicted molar refractivity (Wildman–Crippen MR) is 61.7 cm³/mol. The van der Waals surface area contributed by atoms with Gasteiger partial charge in [0.25, 0.3) is 0 Å². The van der Waals surface area contributed by atoms with Crippen molar-refractivity contribution >= 4 is 5.65 Å². The lowest BCUT2D eigenvalue weighted by Gasteiger charge is -2.06. The molecule has 0 atom stereocenters. The van der Waals surface area contributed by atoms with Crippen LogP contribution in [-0.2, 0) is 6.54 Å². The van der Waals surface area contributed by atoms with Crippen LogP contribution in [-0.4, -0.2) is 15.9 Å². The zero-order chi connectivity index (χ0) is 10.7. The monoisotopic (exact) mass is 203 g/mol. The third kappa shape index (κ3) is 2.36. The molecule has 0 aromatic carbocycles. The molecule has 2 aromatic rings. The molecule has 0 saturated heterocycles. The van der Waals surface area contributed by atoms with Crippen LogP contribution in [0.25, 0.3) is 5.65 Å². The van der Waals surface area contributed by atoms with Crippen LogP contribution in [0.15, 0.2) is 30.6 Å². The summed E-state index contributed by atoms with van der Waals surface area (Å²) in [5.74, 6) is 0.684. The van der Waals surface area contributed by atoms with Crippen LogP contribution in [0.4, 0.5) is 0 Å². The van der Waals surface area contributed by atoms with Gasteiger partial charge in [-0.25, -0.2) is 4.98 Å². The molecule has 0 spiro atoms. The number of pyridine rings is 1. The fourth-order valence-corrected chi connectivity index (χ4v) is 1.60. The standard InChI is InChI=1S/C12H17N3/c1-10(2)7-13-8-11-9-14-12-5-3-4-6-15(11)12/h3-6,9-10,13H,7-8H2,1-2H3. The fourth-order valence-electron chi connectivity index (χ4n) is 1.60. The molecule has 2 heterocycles. The highest BCUT2D eigenvalue weighted by Crippen LogP contribution is 2.05. The Kier molecular flexibility index (Phi) is 3.02. The van der Waals surface area contributed by atoms with Crippen molar-refractivity contribution in [3.63, 3.8) is 0 Å². The summed E-state index contributed by atoms with van der Waals surface area (Å²) < 4.78 is 2.12. The normalized spacial score (nSPS) is 11.4. The summed E-state index contributed by atoms with van der Waals surface area (Å²) in [6.07, 6.45) is 3.98. The van der Waals surface area contributed by atoms with Crippen molar-refractivity contribution in [3.05, 3.63) is 36.3 Å². The molecular weight excluding hydrogens is 186 g/mol. The Bertz CT molecular complexity index is 431. The Morgan fingerprint density at radius 2 is 2.27 bits per heavy atom. The molecule has 0 bridgehead atoms. The van der Waals surface area contributed by atoms with Crippen LogP contribution in [0.2, 0.25) is 0 Å². The maximum atomic E-state index is 4.34. The number of nitrogens with zero attached hydrogens (tertiary/aromatic N) is 2.